The van der Waals surface area contributed by atoms with Crippen LogP contribution in [-0.2, 0) is 11.2 Å². The van der Waals surface area contributed by atoms with Crippen LogP contribution >= 0.6 is 23.1 Å². The minimum Gasteiger partial charge on any atom is -0.383 e. The number of anilines is 3. The van der Waals surface area contributed by atoms with Crippen LogP contribution in [0, 0.1) is 6.92 Å². The van der Waals surface area contributed by atoms with E-state index in [-0.39, 0.29) is 11.7 Å². The summed E-state index contributed by atoms with van der Waals surface area (Å²) in [6.45, 7) is 2.67. The van der Waals surface area contributed by atoms with Crippen molar-refractivity contribution in [2.75, 3.05) is 28.7 Å². The fraction of sp³-hybridized carbons (Fsp3) is 0.222. The van der Waals surface area contributed by atoms with Crippen molar-refractivity contribution < 1.29 is 4.79 Å². The average Bonchev–Trinajstić information content (AvgIpc) is 3.24. The van der Waals surface area contributed by atoms with Gasteiger partial charge >= 0.3 is 0 Å². The largest absolute Gasteiger partial charge is 0.383 e. The van der Waals surface area contributed by atoms with Crippen LogP contribution in [-0.4, -0.2) is 33.2 Å². The predicted octanol–water partition coefficient (Wildman–Crippen LogP) is 2.75. The molecule has 9 heteroatoms. The topological polar surface area (TPSA) is 111 Å². The number of thioether (sulfide) groups is 1. The number of carbonyl (C=O) groups excluding carboxylic acids is 1. The van der Waals surface area contributed by atoms with Gasteiger partial charge < -0.3 is 16.4 Å². The van der Waals surface area contributed by atoms with Crippen molar-refractivity contribution in [1.82, 2.24) is 15.0 Å². The van der Waals surface area contributed by atoms with Gasteiger partial charge in [-0.15, -0.1) is 11.3 Å². The molecule has 4 rings (SSSR count). The van der Waals surface area contributed by atoms with Gasteiger partial charge in [-0.1, -0.05) is 17.8 Å². The van der Waals surface area contributed by atoms with E-state index < -0.39 is 0 Å². The summed E-state index contributed by atoms with van der Waals surface area (Å²) in [5.74, 6) is 0.846. The standard InChI is InChI=1S/C18H18N6OS2/c1-10-21-13(8-26-10)11-2-3-14-12(6-11)4-5-24(14)17(25)9-27-18-22-15(19)7-16(20)23-18/h2-3,6-8H,4-5,9H2,1H3,(H4,19,20,22,23). The highest BCUT2D eigenvalue weighted by molar-refractivity contribution is 7.99. The first-order chi connectivity index (χ1) is 13.0. The smallest absolute Gasteiger partial charge is 0.237 e. The summed E-state index contributed by atoms with van der Waals surface area (Å²) in [6.07, 6.45) is 0.838. The second-order valence-corrected chi connectivity index (χ2v) is 8.18. The van der Waals surface area contributed by atoms with E-state index in [1.54, 1.807) is 11.3 Å². The molecule has 1 aliphatic rings. The van der Waals surface area contributed by atoms with Gasteiger partial charge in [-0.2, -0.15) is 0 Å². The second kappa shape index (κ2) is 7.16. The van der Waals surface area contributed by atoms with Gasteiger partial charge in [0.2, 0.25) is 5.91 Å². The van der Waals surface area contributed by atoms with Gasteiger partial charge in [-0.25, -0.2) is 15.0 Å². The van der Waals surface area contributed by atoms with Crippen molar-refractivity contribution in [3.63, 3.8) is 0 Å². The summed E-state index contributed by atoms with van der Waals surface area (Å²) in [5, 5.41) is 3.52. The third-order valence-corrected chi connectivity index (χ3v) is 5.87. The maximum atomic E-state index is 12.7. The molecule has 0 radical (unpaired) electrons. The lowest BCUT2D eigenvalue weighted by Crippen LogP contribution is -2.30. The highest BCUT2D eigenvalue weighted by atomic mass is 32.2. The van der Waals surface area contributed by atoms with Gasteiger partial charge in [0.05, 0.1) is 16.5 Å². The fourth-order valence-corrected chi connectivity index (χ4v) is 4.42. The normalized spacial score (nSPS) is 13.0. The van der Waals surface area contributed by atoms with Crippen LogP contribution in [0.25, 0.3) is 11.3 Å². The third kappa shape index (κ3) is 3.74. The van der Waals surface area contributed by atoms with E-state index in [2.05, 4.69) is 26.4 Å². The van der Waals surface area contributed by atoms with Crippen LogP contribution < -0.4 is 16.4 Å². The summed E-state index contributed by atoms with van der Waals surface area (Å²) >= 11 is 2.88. The molecule has 0 bridgehead atoms. The minimum absolute atomic E-state index is 0.0144. The number of rotatable bonds is 4. The van der Waals surface area contributed by atoms with Gasteiger partial charge in [0.15, 0.2) is 5.16 Å². The molecule has 2 aromatic heterocycles. The monoisotopic (exact) mass is 398 g/mol. The third-order valence-electron chi connectivity index (χ3n) is 4.26. The molecule has 0 atom stereocenters. The Balaban J connectivity index is 1.47. The molecule has 0 aliphatic carbocycles. The van der Waals surface area contributed by atoms with Gasteiger partial charge in [0.25, 0.3) is 0 Å². The molecular formula is C18H18N6OS2. The lowest BCUT2D eigenvalue weighted by molar-refractivity contribution is -0.116. The maximum Gasteiger partial charge on any atom is 0.237 e. The fourth-order valence-electron chi connectivity index (χ4n) is 3.05. The average molecular weight is 399 g/mol. The Bertz CT molecular complexity index is 999. The number of amides is 1. The predicted molar refractivity (Wildman–Crippen MR) is 110 cm³/mol. The Morgan fingerprint density at radius 2 is 2.00 bits per heavy atom. The molecule has 1 amide bonds. The summed E-state index contributed by atoms with van der Waals surface area (Å²) in [4.78, 5) is 27.2. The van der Waals surface area contributed by atoms with E-state index in [9.17, 15) is 4.79 Å². The zero-order valence-electron chi connectivity index (χ0n) is 14.7. The van der Waals surface area contributed by atoms with Gasteiger partial charge in [-0.3, -0.25) is 4.79 Å². The van der Waals surface area contributed by atoms with Crippen LogP contribution in [0.5, 0.6) is 0 Å². The van der Waals surface area contributed by atoms with Crippen LogP contribution in [0.15, 0.2) is 34.8 Å². The first-order valence-electron chi connectivity index (χ1n) is 8.38. The van der Waals surface area contributed by atoms with Crippen molar-refractivity contribution in [2.24, 2.45) is 0 Å². The number of hydrogen-bond acceptors (Lipinski definition) is 8. The molecule has 4 N–H and O–H groups in total. The summed E-state index contributed by atoms with van der Waals surface area (Å²) in [7, 11) is 0. The Kier molecular flexibility index (Phi) is 4.71. The van der Waals surface area contributed by atoms with Gasteiger partial charge in [-0.05, 0) is 31.0 Å². The molecule has 138 valence electrons. The van der Waals surface area contributed by atoms with Crippen molar-refractivity contribution in [3.05, 3.63) is 40.2 Å². The molecular weight excluding hydrogens is 380 g/mol. The highest BCUT2D eigenvalue weighted by Crippen LogP contribution is 2.33. The molecule has 3 aromatic rings. The molecule has 27 heavy (non-hydrogen) atoms. The van der Waals surface area contributed by atoms with Crippen LogP contribution in [0.3, 0.4) is 0 Å². The zero-order valence-corrected chi connectivity index (χ0v) is 16.3. The van der Waals surface area contributed by atoms with Gasteiger partial charge in [0, 0.05) is 29.2 Å². The Morgan fingerprint density at radius 1 is 1.22 bits per heavy atom. The molecule has 7 nitrogen and oxygen atoms in total. The molecule has 0 unspecified atom stereocenters. The minimum atomic E-state index is 0.0144. The number of hydrogen-bond donors (Lipinski definition) is 2. The van der Waals surface area contributed by atoms with Crippen molar-refractivity contribution in [3.8, 4) is 11.3 Å². The lowest BCUT2D eigenvalue weighted by atomic mass is 10.1. The molecule has 0 saturated heterocycles. The molecule has 0 fully saturated rings. The van der Waals surface area contributed by atoms with Crippen molar-refractivity contribution >= 4 is 46.3 Å². The number of thiazole rings is 1. The van der Waals surface area contributed by atoms with Crippen molar-refractivity contribution in [1.29, 1.82) is 0 Å². The van der Waals surface area contributed by atoms with E-state index >= 15 is 0 Å². The zero-order chi connectivity index (χ0) is 19.0. The number of nitrogens with two attached hydrogens (primary N) is 2. The second-order valence-electron chi connectivity index (χ2n) is 6.18. The number of aromatic nitrogens is 3. The Labute approximate surface area is 164 Å². The number of fused-ring (bicyclic) bond motifs is 1. The number of nitrogen functional groups attached to an aromatic ring is 2. The van der Waals surface area contributed by atoms with E-state index in [1.807, 2.05) is 24.0 Å². The summed E-state index contributed by atoms with van der Waals surface area (Å²) < 4.78 is 0. The molecule has 1 aromatic carbocycles. The number of aryl methyl sites for hydroxylation is 1. The van der Waals surface area contributed by atoms with Gasteiger partial charge in [0.1, 0.15) is 11.6 Å². The first-order valence-corrected chi connectivity index (χ1v) is 10.2. The molecule has 0 spiro atoms. The molecule has 3 heterocycles. The van der Waals surface area contributed by atoms with E-state index in [0.29, 0.717) is 23.3 Å². The van der Waals surface area contributed by atoms with Crippen LogP contribution in [0.1, 0.15) is 10.6 Å². The number of carbonyl (C=O) groups is 1. The SMILES string of the molecule is Cc1nc(-c2ccc3c(c2)CCN3C(=O)CSc2nc(N)cc(N)n2)cs1. The number of nitrogens with zero attached hydrogens (tertiary/aromatic N) is 4. The van der Waals surface area contributed by atoms with E-state index in [4.69, 9.17) is 11.5 Å². The first kappa shape index (κ1) is 17.7. The Hall–Kier alpha value is -2.65. The molecule has 1 aliphatic heterocycles. The van der Waals surface area contributed by atoms with Crippen molar-refractivity contribution in [2.45, 2.75) is 18.5 Å². The van der Waals surface area contributed by atoms with Crippen LogP contribution in [0.2, 0.25) is 0 Å². The Morgan fingerprint density at radius 3 is 2.70 bits per heavy atom. The van der Waals surface area contributed by atoms with Crippen LogP contribution in [0.4, 0.5) is 17.3 Å². The number of benzene rings is 1. The van der Waals surface area contributed by atoms with E-state index in [0.717, 1.165) is 28.4 Å². The lowest BCUT2D eigenvalue weighted by Gasteiger charge is -2.17. The highest BCUT2D eigenvalue weighted by Gasteiger charge is 2.25. The quantitative estimate of drug-likeness (QED) is 0.513. The maximum absolute atomic E-state index is 12.7. The van der Waals surface area contributed by atoms with E-state index in [1.165, 1.54) is 23.4 Å². The summed E-state index contributed by atoms with van der Waals surface area (Å²) in [6, 6.07) is 7.65. The molecule has 0 saturated carbocycles. The summed E-state index contributed by atoms with van der Waals surface area (Å²) in [5.41, 5.74) is 15.5.